The minimum absolute atomic E-state index is 0.0121. The fourth-order valence-corrected chi connectivity index (χ4v) is 2.83. The molecular weight excluding hydrogens is 238 g/mol. The summed E-state index contributed by atoms with van der Waals surface area (Å²) in [6.45, 7) is 0. The number of nitriles is 2. The van der Waals surface area contributed by atoms with E-state index in [-0.39, 0.29) is 10.5 Å². The van der Waals surface area contributed by atoms with Crippen molar-refractivity contribution in [2.45, 2.75) is 23.3 Å². The van der Waals surface area contributed by atoms with Crippen LogP contribution in [0.1, 0.15) is 18.4 Å². The van der Waals surface area contributed by atoms with Gasteiger partial charge in [0.05, 0.1) is 22.6 Å². The Morgan fingerprint density at radius 1 is 1.29 bits per heavy atom. The van der Waals surface area contributed by atoms with Gasteiger partial charge in [0.1, 0.15) is 5.54 Å². The fourth-order valence-electron chi connectivity index (χ4n) is 1.41. The molecule has 86 valence electrons. The summed E-state index contributed by atoms with van der Waals surface area (Å²) in [7, 11) is -3.72. The van der Waals surface area contributed by atoms with Crippen molar-refractivity contribution < 1.29 is 8.42 Å². The van der Waals surface area contributed by atoms with E-state index in [1.165, 1.54) is 24.3 Å². The minimum atomic E-state index is -3.72. The lowest BCUT2D eigenvalue weighted by molar-refractivity contribution is 0.571. The fraction of sp³-hybridized carbons (Fsp3) is 0.273. The third-order valence-corrected chi connectivity index (χ3v) is 4.10. The molecule has 0 amide bonds. The summed E-state index contributed by atoms with van der Waals surface area (Å²) in [5.74, 6) is 0. The Hall–Kier alpha value is -1.89. The molecule has 1 aliphatic carbocycles. The van der Waals surface area contributed by atoms with Crippen LogP contribution < -0.4 is 4.72 Å². The van der Waals surface area contributed by atoms with Gasteiger partial charge in [-0.1, -0.05) is 6.07 Å². The zero-order chi connectivity index (χ0) is 12.5. The van der Waals surface area contributed by atoms with E-state index in [4.69, 9.17) is 10.5 Å². The van der Waals surface area contributed by atoms with Crippen LogP contribution in [0.2, 0.25) is 0 Å². The molecule has 0 unspecified atom stereocenters. The molecule has 5 nitrogen and oxygen atoms in total. The van der Waals surface area contributed by atoms with E-state index in [0.29, 0.717) is 12.8 Å². The largest absolute Gasteiger partial charge is 0.241 e. The lowest BCUT2D eigenvalue weighted by Crippen LogP contribution is -2.35. The highest BCUT2D eigenvalue weighted by Crippen LogP contribution is 2.35. The molecule has 1 aliphatic rings. The van der Waals surface area contributed by atoms with Crippen molar-refractivity contribution in [3.63, 3.8) is 0 Å². The predicted molar refractivity (Wildman–Crippen MR) is 59.1 cm³/mol. The van der Waals surface area contributed by atoms with E-state index in [1.807, 2.05) is 12.1 Å². The van der Waals surface area contributed by atoms with Crippen LogP contribution in [0.25, 0.3) is 0 Å². The molecule has 0 radical (unpaired) electrons. The lowest BCUT2D eigenvalue weighted by atomic mass is 10.2. The van der Waals surface area contributed by atoms with Crippen molar-refractivity contribution >= 4 is 10.0 Å². The predicted octanol–water partition coefficient (Wildman–Crippen LogP) is 0.893. The maximum atomic E-state index is 11.9. The second-order valence-corrected chi connectivity index (χ2v) is 5.62. The highest BCUT2D eigenvalue weighted by Gasteiger charge is 2.46. The lowest BCUT2D eigenvalue weighted by Gasteiger charge is -2.09. The van der Waals surface area contributed by atoms with E-state index in [1.54, 1.807) is 0 Å². The summed E-state index contributed by atoms with van der Waals surface area (Å²) in [6.07, 6.45) is 1.06. The molecular formula is C11H9N3O2S. The van der Waals surface area contributed by atoms with Crippen LogP contribution in [-0.4, -0.2) is 14.0 Å². The van der Waals surface area contributed by atoms with E-state index in [2.05, 4.69) is 4.72 Å². The molecule has 2 rings (SSSR count). The first-order valence-electron chi connectivity index (χ1n) is 4.97. The number of rotatable bonds is 3. The van der Waals surface area contributed by atoms with Crippen LogP contribution in [0.15, 0.2) is 29.2 Å². The molecule has 1 aromatic carbocycles. The molecule has 17 heavy (non-hydrogen) atoms. The summed E-state index contributed by atoms with van der Waals surface area (Å²) >= 11 is 0. The zero-order valence-electron chi connectivity index (χ0n) is 8.84. The second-order valence-electron chi connectivity index (χ2n) is 3.94. The molecule has 0 saturated heterocycles. The first-order chi connectivity index (χ1) is 8.01. The number of sulfonamides is 1. The van der Waals surface area contributed by atoms with Gasteiger partial charge in [0.15, 0.2) is 0 Å². The van der Waals surface area contributed by atoms with Crippen LogP contribution in [0, 0.1) is 22.7 Å². The number of hydrogen-bond donors (Lipinski definition) is 1. The molecule has 0 bridgehead atoms. The number of nitrogens with zero attached hydrogens (tertiary/aromatic N) is 2. The van der Waals surface area contributed by atoms with Crippen molar-refractivity contribution in [3.05, 3.63) is 29.8 Å². The Balaban J connectivity index is 2.33. The summed E-state index contributed by atoms with van der Waals surface area (Å²) in [5.41, 5.74) is -0.670. The Kier molecular flexibility index (Phi) is 2.62. The quantitative estimate of drug-likeness (QED) is 0.858. The highest BCUT2D eigenvalue weighted by molar-refractivity contribution is 7.89. The molecule has 1 N–H and O–H groups in total. The van der Waals surface area contributed by atoms with Crippen molar-refractivity contribution in [1.82, 2.24) is 4.72 Å². The third-order valence-electron chi connectivity index (χ3n) is 2.57. The molecule has 0 atom stereocenters. The Morgan fingerprint density at radius 3 is 2.53 bits per heavy atom. The minimum Gasteiger partial charge on any atom is -0.207 e. The maximum absolute atomic E-state index is 11.9. The number of hydrogen-bond acceptors (Lipinski definition) is 4. The van der Waals surface area contributed by atoms with Gasteiger partial charge in [-0.2, -0.15) is 15.2 Å². The van der Waals surface area contributed by atoms with Gasteiger partial charge in [0, 0.05) is 0 Å². The first-order valence-corrected chi connectivity index (χ1v) is 6.45. The monoisotopic (exact) mass is 247 g/mol. The van der Waals surface area contributed by atoms with Crippen molar-refractivity contribution in [3.8, 4) is 12.1 Å². The van der Waals surface area contributed by atoms with Crippen LogP contribution in [0.4, 0.5) is 0 Å². The molecule has 0 aromatic heterocycles. The first kappa shape index (κ1) is 11.6. The Morgan fingerprint density at radius 2 is 2.00 bits per heavy atom. The van der Waals surface area contributed by atoms with Crippen LogP contribution in [0.5, 0.6) is 0 Å². The number of nitrogens with one attached hydrogen (secondary N) is 1. The maximum Gasteiger partial charge on any atom is 0.241 e. The number of benzene rings is 1. The SMILES string of the molecule is N#Cc1cccc(S(=O)(=O)NC2(C#N)CC2)c1. The third kappa shape index (κ3) is 2.28. The topological polar surface area (TPSA) is 93.8 Å². The highest BCUT2D eigenvalue weighted by atomic mass is 32.2. The molecule has 1 saturated carbocycles. The normalized spacial score (nSPS) is 16.8. The van der Waals surface area contributed by atoms with Crippen molar-refractivity contribution in [2.75, 3.05) is 0 Å². The Bertz CT molecular complexity index is 633. The van der Waals surface area contributed by atoms with E-state index < -0.39 is 15.6 Å². The van der Waals surface area contributed by atoms with Gasteiger partial charge in [-0.3, -0.25) is 0 Å². The smallest absolute Gasteiger partial charge is 0.207 e. The average Bonchev–Trinajstić information content (AvgIpc) is 3.09. The van der Waals surface area contributed by atoms with Crippen LogP contribution in [0.3, 0.4) is 0 Å². The molecule has 0 heterocycles. The van der Waals surface area contributed by atoms with Gasteiger partial charge in [-0.25, -0.2) is 8.42 Å². The van der Waals surface area contributed by atoms with Crippen molar-refractivity contribution in [1.29, 1.82) is 10.5 Å². The summed E-state index contributed by atoms with van der Waals surface area (Å²) in [6, 6.07) is 9.54. The van der Waals surface area contributed by atoms with E-state index in [9.17, 15) is 8.42 Å². The zero-order valence-corrected chi connectivity index (χ0v) is 9.66. The Labute approximate surface area is 99.3 Å². The van der Waals surface area contributed by atoms with Gasteiger partial charge in [0.2, 0.25) is 10.0 Å². The second kappa shape index (κ2) is 3.85. The van der Waals surface area contributed by atoms with E-state index in [0.717, 1.165) is 0 Å². The van der Waals surface area contributed by atoms with Crippen LogP contribution in [-0.2, 0) is 10.0 Å². The molecule has 0 aliphatic heterocycles. The average molecular weight is 247 g/mol. The van der Waals surface area contributed by atoms with Gasteiger partial charge in [-0.15, -0.1) is 0 Å². The molecule has 1 fully saturated rings. The van der Waals surface area contributed by atoms with Gasteiger partial charge < -0.3 is 0 Å². The van der Waals surface area contributed by atoms with Gasteiger partial charge in [0.25, 0.3) is 0 Å². The summed E-state index contributed by atoms with van der Waals surface area (Å²) in [5, 5.41) is 17.5. The molecule has 0 spiro atoms. The van der Waals surface area contributed by atoms with Crippen LogP contribution >= 0.6 is 0 Å². The molecule has 6 heteroatoms. The molecule has 1 aromatic rings. The van der Waals surface area contributed by atoms with Crippen molar-refractivity contribution in [2.24, 2.45) is 0 Å². The summed E-state index contributed by atoms with van der Waals surface area (Å²) < 4.78 is 26.2. The summed E-state index contributed by atoms with van der Waals surface area (Å²) in [4.78, 5) is 0.0121. The van der Waals surface area contributed by atoms with Gasteiger partial charge in [-0.05, 0) is 31.0 Å². The standard InChI is InChI=1S/C11H9N3O2S/c12-7-9-2-1-3-10(6-9)17(15,16)14-11(8-13)4-5-11/h1-3,6,14H,4-5H2. The van der Waals surface area contributed by atoms with Gasteiger partial charge >= 0.3 is 0 Å². The van der Waals surface area contributed by atoms with E-state index >= 15 is 0 Å².